The summed E-state index contributed by atoms with van der Waals surface area (Å²) in [5.74, 6) is -0.818. The van der Waals surface area contributed by atoms with Gasteiger partial charge in [-0.2, -0.15) is 4.58 Å². The molecule has 4 N–H and O–H groups in total. The van der Waals surface area contributed by atoms with E-state index in [4.69, 9.17) is 9.63 Å². The van der Waals surface area contributed by atoms with Gasteiger partial charge in [0.2, 0.25) is 5.69 Å². The molecule has 2 aromatic carbocycles. The van der Waals surface area contributed by atoms with Crippen LogP contribution in [0, 0.1) is 0 Å². The van der Waals surface area contributed by atoms with Crippen molar-refractivity contribution in [2.24, 2.45) is 0 Å². The molecule has 2 aromatic rings. The number of likely N-dealkylation sites (N-methyl/N-ethyl adjacent to an activating group) is 1. The number of unbranched alkanes of at least 4 members (excludes halogenated alkanes) is 2. The number of aliphatic carboxylic acids is 1. The van der Waals surface area contributed by atoms with E-state index >= 15 is 0 Å². The Bertz CT molecular complexity index is 1750. The Kier molecular flexibility index (Phi) is 11.1. The molecule has 0 saturated heterocycles. The molecule has 12 heteroatoms. The van der Waals surface area contributed by atoms with Crippen molar-refractivity contribution >= 4 is 48.9 Å². The van der Waals surface area contributed by atoms with Gasteiger partial charge in [-0.05, 0) is 89.4 Å². The Labute approximate surface area is 277 Å². The normalized spacial score (nSPS) is 21.2. The van der Waals surface area contributed by atoms with Crippen molar-refractivity contribution in [3.05, 3.63) is 83.6 Å². The predicted octanol–water partition coefficient (Wildman–Crippen LogP) is 6.17. The molecule has 10 nitrogen and oxygen atoms in total. The van der Waals surface area contributed by atoms with E-state index in [1.807, 2.05) is 31.2 Å². The number of hydrogen-bond acceptors (Lipinski definition) is 5. The highest BCUT2D eigenvalue weighted by molar-refractivity contribution is 7.61. The maximum Gasteiger partial charge on any atom is 0.358 e. The van der Waals surface area contributed by atoms with Gasteiger partial charge < -0.3 is 29.2 Å². The molecule has 2 aliphatic heterocycles. The van der Waals surface area contributed by atoms with Crippen molar-refractivity contribution in [2.45, 2.75) is 77.6 Å². The molecular weight excluding hydrogens is 638 g/mol. The van der Waals surface area contributed by atoms with Crippen LogP contribution in [0.1, 0.15) is 77.8 Å². The summed E-state index contributed by atoms with van der Waals surface area (Å²) < 4.78 is 31.8. The minimum atomic E-state index is -4.46. The van der Waals surface area contributed by atoms with Gasteiger partial charge >= 0.3 is 21.2 Å². The molecule has 2 heterocycles. The SMILES string of the molecule is CCN1C(=CC=CC=CC2=[N+](CC)c3ccc(P(=O)(O)OC)cc3C2(C)C)C(C)(CCCCCC(=O)O)c2cc(P(=O)(O)O)ccc21. The Morgan fingerprint density at radius 2 is 1.62 bits per heavy atom. The van der Waals surface area contributed by atoms with Crippen LogP contribution in [0.5, 0.6) is 0 Å². The minimum Gasteiger partial charge on any atom is -0.481 e. The highest BCUT2D eigenvalue weighted by atomic mass is 31.2. The van der Waals surface area contributed by atoms with Gasteiger partial charge in [0.05, 0.1) is 16.0 Å². The van der Waals surface area contributed by atoms with E-state index in [2.05, 4.69) is 49.3 Å². The number of carbonyl (C=O) groups is 1. The molecule has 0 radical (unpaired) electrons. The first-order valence-electron chi connectivity index (χ1n) is 16.0. The monoisotopic (exact) mass is 685 g/mol. The van der Waals surface area contributed by atoms with E-state index in [1.54, 1.807) is 24.3 Å². The molecule has 0 aliphatic carbocycles. The van der Waals surface area contributed by atoms with Gasteiger partial charge in [-0.3, -0.25) is 13.9 Å². The van der Waals surface area contributed by atoms with E-state index in [1.165, 1.54) is 13.2 Å². The van der Waals surface area contributed by atoms with Crippen molar-refractivity contribution in [1.29, 1.82) is 0 Å². The van der Waals surface area contributed by atoms with Crippen molar-refractivity contribution < 1.29 is 42.8 Å². The third-order valence-corrected chi connectivity index (χ3v) is 11.8. The molecule has 2 unspecified atom stereocenters. The lowest BCUT2D eigenvalue weighted by atomic mass is 9.77. The molecule has 2 atom stereocenters. The molecule has 0 amide bonds. The van der Waals surface area contributed by atoms with Crippen LogP contribution in [0.2, 0.25) is 0 Å². The Morgan fingerprint density at radius 1 is 0.936 bits per heavy atom. The number of benzene rings is 2. The lowest BCUT2D eigenvalue weighted by Gasteiger charge is -2.30. The van der Waals surface area contributed by atoms with Crippen LogP contribution in [0.25, 0.3) is 0 Å². The summed E-state index contributed by atoms with van der Waals surface area (Å²) in [6, 6.07) is 10.2. The number of rotatable bonds is 14. The number of anilines is 1. The van der Waals surface area contributed by atoms with Crippen LogP contribution in [0.4, 0.5) is 11.4 Å². The molecule has 0 spiro atoms. The number of fused-ring (bicyclic) bond motifs is 2. The second kappa shape index (κ2) is 14.2. The summed E-state index contributed by atoms with van der Waals surface area (Å²) in [4.78, 5) is 43.3. The molecule has 0 bridgehead atoms. The number of allylic oxidation sites excluding steroid dienone is 6. The molecule has 0 saturated carbocycles. The van der Waals surface area contributed by atoms with Crippen LogP contribution < -0.4 is 15.5 Å². The highest BCUT2D eigenvalue weighted by Crippen LogP contribution is 2.51. The van der Waals surface area contributed by atoms with Crippen LogP contribution in [0.15, 0.2) is 72.5 Å². The topological polar surface area (TPSA) is 148 Å². The molecular formula is C35H47N2O8P2+. The van der Waals surface area contributed by atoms with Crippen molar-refractivity contribution in [1.82, 2.24) is 0 Å². The number of nitrogens with zero attached hydrogens (tertiary/aromatic N) is 2. The van der Waals surface area contributed by atoms with E-state index < -0.39 is 32.0 Å². The average Bonchev–Trinajstić information content (AvgIpc) is 3.38. The van der Waals surface area contributed by atoms with Crippen LogP contribution in [-0.4, -0.2) is 56.2 Å². The third kappa shape index (κ3) is 7.34. The number of hydrogen-bond donors (Lipinski definition) is 4. The minimum absolute atomic E-state index is 0.0158. The van der Waals surface area contributed by atoms with E-state index in [9.17, 15) is 28.6 Å². The Hall–Kier alpha value is -3.10. The third-order valence-electron chi connectivity index (χ3n) is 9.44. The van der Waals surface area contributed by atoms with Crippen molar-refractivity contribution in [3.63, 3.8) is 0 Å². The fraction of sp³-hybridized carbons (Fsp3) is 0.429. The van der Waals surface area contributed by atoms with Gasteiger partial charge in [-0.15, -0.1) is 0 Å². The van der Waals surface area contributed by atoms with Gasteiger partial charge in [0.25, 0.3) is 0 Å². The van der Waals surface area contributed by atoms with Crippen LogP contribution in [-0.2, 0) is 29.3 Å². The van der Waals surface area contributed by atoms with E-state index in [0.717, 1.165) is 53.3 Å². The highest BCUT2D eigenvalue weighted by Gasteiger charge is 2.45. The molecule has 0 aromatic heterocycles. The molecule has 2 aliphatic rings. The number of carboxylic acid groups (broad SMARTS) is 1. The maximum absolute atomic E-state index is 12.5. The summed E-state index contributed by atoms with van der Waals surface area (Å²) in [5, 5.41) is 9.30. The van der Waals surface area contributed by atoms with Crippen molar-refractivity contribution in [3.8, 4) is 0 Å². The van der Waals surface area contributed by atoms with Crippen LogP contribution >= 0.6 is 15.2 Å². The smallest absolute Gasteiger partial charge is 0.358 e. The van der Waals surface area contributed by atoms with Gasteiger partial charge in [-0.25, -0.2) is 0 Å². The second-order valence-corrected chi connectivity index (χ2v) is 16.3. The largest absolute Gasteiger partial charge is 0.481 e. The van der Waals surface area contributed by atoms with Crippen molar-refractivity contribution in [2.75, 3.05) is 25.1 Å². The molecule has 4 rings (SSSR count). The first kappa shape index (κ1) is 36.7. The summed E-state index contributed by atoms with van der Waals surface area (Å²) in [5.41, 5.74) is 4.79. The lowest BCUT2D eigenvalue weighted by Crippen LogP contribution is -2.28. The average molecular weight is 686 g/mol. The predicted molar refractivity (Wildman–Crippen MR) is 187 cm³/mol. The fourth-order valence-corrected chi connectivity index (χ4v) is 8.23. The fourth-order valence-electron chi connectivity index (χ4n) is 6.90. The molecule has 254 valence electrons. The standard InChI is InChI=1S/C35H46N2O8P2/c1-7-36-29-21-19-26(47(43,44)45-6)24-27(29)34(3,4)31(36)15-11-9-12-16-32-35(5,22-14-10-13-17-33(38)39)28-23-25(46(40,41)42)18-20-30(28)37(32)8-2/h9,11-12,15-16,18-21,23-24H,7-8,10,13-14,17,22H2,1-6H3,(H3-,38,39,40,41,42,43,44)/p+1. The molecule has 0 fully saturated rings. The van der Waals surface area contributed by atoms with Gasteiger partial charge in [0.15, 0.2) is 5.71 Å². The van der Waals surface area contributed by atoms with Gasteiger partial charge in [0.1, 0.15) is 6.54 Å². The summed E-state index contributed by atoms with van der Waals surface area (Å²) in [6.07, 6.45) is 12.9. The van der Waals surface area contributed by atoms with Gasteiger partial charge in [-0.1, -0.05) is 31.1 Å². The van der Waals surface area contributed by atoms with Crippen LogP contribution in [0.3, 0.4) is 0 Å². The first-order valence-corrected chi connectivity index (χ1v) is 19.2. The van der Waals surface area contributed by atoms with E-state index in [0.29, 0.717) is 19.4 Å². The summed E-state index contributed by atoms with van der Waals surface area (Å²) >= 11 is 0. The summed E-state index contributed by atoms with van der Waals surface area (Å²) in [7, 11) is -7.13. The number of carboxylic acids is 1. The zero-order chi connectivity index (χ0) is 34.8. The first-order chi connectivity index (χ1) is 22.0. The Morgan fingerprint density at radius 3 is 2.23 bits per heavy atom. The Balaban J connectivity index is 1.66. The van der Waals surface area contributed by atoms with E-state index in [-0.39, 0.29) is 17.0 Å². The second-order valence-electron chi connectivity index (χ2n) is 12.7. The lowest BCUT2D eigenvalue weighted by molar-refractivity contribution is -0.433. The zero-order valence-electron chi connectivity index (χ0n) is 28.0. The molecule has 47 heavy (non-hydrogen) atoms. The summed E-state index contributed by atoms with van der Waals surface area (Å²) in [6.45, 7) is 11.8. The maximum atomic E-state index is 12.5. The quantitative estimate of drug-likeness (QED) is 0.0793. The van der Waals surface area contributed by atoms with Gasteiger partial charge in [0, 0.05) is 54.6 Å². The zero-order valence-corrected chi connectivity index (χ0v) is 29.8.